The standard InChI is InChI=1S/C17H28N2O2/c1-5-14(4)19-17(20)12-21-16-8-6-15(7-9-16)11-18-10-13(2)3/h6-9,13-14,18H,5,10-12H2,1-4H3,(H,19,20). The third-order valence-electron chi connectivity index (χ3n) is 3.19. The SMILES string of the molecule is CCC(C)NC(=O)COc1ccc(CNCC(C)C)cc1. The molecule has 1 rings (SSSR count). The van der Waals surface area contributed by atoms with Crippen molar-refractivity contribution >= 4 is 5.91 Å². The maximum Gasteiger partial charge on any atom is 0.258 e. The molecule has 1 amide bonds. The van der Waals surface area contributed by atoms with Gasteiger partial charge in [0.2, 0.25) is 0 Å². The molecule has 0 bridgehead atoms. The van der Waals surface area contributed by atoms with Gasteiger partial charge in [0.15, 0.2) is 6.61 Å². The number of nitrogens with one attached hydrogen (secondary N) is 2. The summed E-state index contributed by atoms with van der Waals surface area (Å²) in [7, 11) is 0. The molecule has 0 aliphatic heterocycles. The van der Waals surface area contributed by atoms with Crippen molar-refractivity contribution in [3.63, 3.8) is 0 Å². The molecule has 0 heterocycles. The molecule has 0 saturated carbocycles. The van der Waals surface area contributed by atoms with Gasteiger partial charge in [-0.3, -0.25) is 4.79 Å². The molecule has 0 aliphatic rings. The average molecular weight is 292 g/mol. The van der Waals surface area contributed by atoms with Crippen LogP contribution in [0.4, 0.5) is 0 Å². The molecule has 0 spiro atoms. The van der Waals surface area contributed by atoms with Crippen LogP contribution in [-0.2, 0) is 11.3 Å². The van der Waals surface area contributed by atoms with Crippen LogP contribution in [0.5, 0.6) is 5.75 Å². The Hall–Kier alpha value is -1.55. The highest BCUT2D eigenvalue weighted by atomic mass is 16.5. The molecule has 1 aromatic rings. The van der Waals surface area contributed by atoms with E-state index in [-0.39, 0.29) is 18.6 Å². The van der Waals surface area contributed by atoms with Crippen LogP contribution in [0.3, 0.4) is 0 Å². The van der Waals surface area contributed by atoms with Crippen molar-refractivity contribution < 1.29 is 9.53 Å². The Morgan fingerprint density at radius 1 is 1.19 bits per heavy atom. The van der Waals surface area contributed by atoms with Crippen LogP contribution in [0.1, 0.15) is 39.7 Å². The first-order chi connectivity index (χ1) is 10.0. The summed E-state index contributed by atoms with van der Waals surface area (Å²) in [5.41, 5.74) is 1.21. The van der Waals surface area contributed by atoms with E-state index in [0.717, 1.165) is 25.3 Å². The van der Waals surface area contributed by atoms with Gasteiger partial charge in [0.25, 0.3) is 5.91 Å². The molecule has 1 aromatic carbocycles. The van der Waals surface area contributed by atoms with Crippen molar-refractivity contribution in [1.82, 2.24) is 10.6 Å². The zero-order valence-electron chi connectivity index (χ0n) is 13.6. The molecule has 4 nitrogen and oxygen atoms in total. The van der Waals surface area contributed by atoms with Crippen molar-refractivity contribution in [2.45, 2.75) is 46.7 Å². The van der Waals surface area contributed by atoms with Gasteiger partial charge in [-0.2, -0.15) is 0 Å². The first-order valence-corrected chi connectivity index (χ1v) is 7.73. The number of carbonyl (C=O) groups is 1. The average Bonchev–Trinajstić information content (AvgIpc) is 2.46. The Morgan fingerprint density at radius 2 is 1.86 bits per heavy atom. The Balaban J connectivity index is 2.32. The molecule has 1 unspecified atom stereocenters. The normalized spacial score (nSPS) is 12.2. The Bertz CT molecular complexity index is 415. The number of rotatable bonds is 9. The monoisotopic (exact) mass is 292 g/mol. The topological polar surface area (TPSA) is 50.4 Å². The summed E-state index contributed by atoms with van der Waals surface area (Å²) in [6.07, 6.45) is 0.920. The molecular weight excluding hydrogens is 264 g/mol. The van der Waals surface area contributed by atoms with Gasteiger partial charge in [-0.1, -0.05) is 32.9 Å². The van der Waals surface area contributed by atoms with Gasteiger partial charge in [-0.15, -0.1) is 0 Å². The van der Waals surface area contributed by atoms with Crippen molar-refractivity contribution in [3.8, 4) is 5.75 Å². The summed E-state index contributed by atoms with van der Waals surface area (Å²) >= 11 is 0. The lowest BCUT2D eigenvalue weighted by Crippen LogP contribution is -2.35. The minimum atomic E-state index is -0.0768. The van der Waals surface area contributed by atoms with Gasteiger partial charge in [-0.25, -0.2) is 0 Å². The number of ether oxygens (including phenoxy) is 1. The number of carbonyl (C=O) groups excluding carboxylic acids is 1. The summed E-state index contributed by atoms with van der Waals surface area (Å²) in [6, 6.07) is 8.05. The van der Waals surface area contributed by atoms with E-state index < -0.39 is 0 Å². The molecule has 2 N–H and O–H groups in total. The van der Waals surface area contributed by atoms with Crippen LogP contribution in [0.25, 0.3) is 0 Å². The zero-order valence-corrected chi connectivity index (χ0v) is 13.6. The molecule has 1 atom stereocenters. The maximum absolute atomic E-state index is 11.6. The van der Waals surface area contributed by atoms with Crippen LogP contribution in [-0.4, -0.2) is 25.1 Å². The molecule has 0 aromatic heterocycles. The van der Waals surface area contributed by atoms with E-state index in [4.69, 9.17) is 4.74 Å². The van der Waals surface area contributed by atoms with Crippen molar-refractivity contribution in [1.29, 1.82) is 0 Å². The minimum absolute atomic E-state index is 0.0648. The summed E-state index contributed by atoms with van der Waals surface area (Å²) in [4.78, 5) is 11.6. The second kappa shape index (κ2) is 9.40. The van der Waals surface area contributed by atoms with Crippen LogP contribution in [0.2, 0.25) is 0 Å². The maximum atomic E-state index is 11.6. The molecule has 0 fully saturated rings. The highest BCUT2D eigenvalue weighted by molar-refractivity contribution is 5.77. The van der Waals surface area contributed by atoms with Crippen LogP contribution < -0.4 is 15.4 Å². The second-order valence-electron chi connectivity index (χ2n) is 5.83. The van der Waals surface area contributed by atoms with Gasteiger partial charge in [0.1, 0.15) is 5.75 Å². The zero-order chi connectivity index (χ0) is 15.7. The Kier molecular flexibility index (Phi) is 7.83. The largest absolute Gasteiger partial charge is 0.484 e. The lowest BCUT2D eigenvalue weighted by molar-refractivity contribution is -0.123. The lowest BCUT2D eigenvalue weighted by Gasteiger charge is -2.12. The second-order valence-corrected chi connectivity index (χ2v) is 5.83. The van der Waals surface area contributed by atoms with Crippen molar-refractivity contribution in [2.24, 2.45) is 5.92 Å². The predicted octanol–water partition coefficient (Wildman–Crippen LogP) is 2.73. The van der Waals surface area contributed by atoms with Gasteiger partial charge in [0, 0.05) is 12.6 Å². The third-order valence-corrected chi connectivity index (χ3v) is 3.19. The van der Waals surface area contributed by atoms with Gasteiger partial charge >= 0.3 is 0 Å². The molecular formula is C17H28N2O2. The Morgan fingerprint density at radius 3 is 2.43 bits per heavy atom. The molecule has 118 valence electrons. The fourth-order valence-corrected chi connectivity index (χ4v) is 1.78. The smallest absolute Gasteiger partial charge is 0.258 e. The molecule has 0 aliphatic carbocycles. The van der Waals surface area contributed by atoms with E-state index >= 15 is 0 Å². The van der Waals surface area contributed by atoms with Crippen molar-refractivity contribution in [2.75, 3.05) is 13.2 Å². The number of hydrogen-bond donors (Lipinski definition) is 2. The van der Waals surface area contributed by atoms with Gasteiger partial charge in [-0.05, 0) is 43.5 Å². The first-order valence-electron chi connectivity index (χ1n) is 7.73. The highest BCUT2D eigenvalue weighted by Gasteiger charge is 2.06. The van der Waals surface area contributed by atoms with Gasteiger partial charge < -0.3 is 15.4 Å². The Labute approximate surface area is 128 Å². The lowest BCUT2D eigenvalue weighted by atomic mass is 10.2. The third kappa shape index (κ3) is 7.71. The summed E-state index contributed by atoms with van der Waals surface area (Å²) in [5.74, 6) is 1.30. The summed E-state index contributed by atoms with van der Waals surface area (Å²) in [6.45, 7) is 10.3. The molecule has 0 saturated heterocycles. The van der Waals surface area contributed by atoms with Crippen LogP contribution in [0, 0.1) is 5.92 Å². The number of benzene rings is 1. The highest BCUT2D eigenvalue weighted by Crippen LogP contribution is 2.12. The number of hydrogen-bond acceptors (Lipinski definition) is 3. The molecule has 0 radical (unpaired) electrons. The first kappa shape index (κ1) is 17.5. The van der Waals surface area contributed by atoms with Crippen LogP contribution >= 0.6 is 0 Å². The quantitative estimate of drug-likeness (QED) is 0.736. The van der Waals surface area contributed by atoms with Crippen LogP contribution in [0.15, 0.2) is 24.3 Å². The van der Waals surface area contributed by atoms with Gasteiger partial charge in [0.05, 0.1) is 0 Å². The molecule has 21 heavy (non-hydrogen) atoms. The van der Waals surface area contributed by atoms with E-state index in [1.54, 1.807) is 0 Å². The summed E-state index contributed by atoms with van der Waals surface area (Å²) in [5, 5.41) is 6.27. The summed E-state index contributed by atoms with van der Waals surface area (Å²) < 4.78 is 5.48. The fraction of sp³-hybridized carbons (Fsp3) is 0.588. The van der Waals surface area contributed by atoms with E-state index in [9.17, 15) is 4.79 Å². The minimum Gasteiger partial charge on any atom is -0.484 e. The molecule has 4 heteroatoms. The van der Waals surface area contributed by atoms with E-state index in [1.165, 1.54) is 5.56 Å². The van der Waals surface area contributed by atoms with E-state index in [0.29, 0.717) is 5.92 Å². The number of amides is 1. The fourth-order valence-electron chi connectivity index (χ4n) is 1.78. The predicted molar refractivity (Wildman–Crippen MR) is 86.4 cm³/mol. The van der Waals surface area contributed by atoms with Crippen molar-refractivity contribution in [3.05, 3.63) is 29.8 Å². The van der Waals surface area contributed by atoms with E-state index in [1.807, 2.05) is 38.1 Å². The van der Waals surface area contributed by atoms with E-state index in [2.05, 4.69) is 24.5 Å².